The van der Waals surface area contributed by atoms with E-state index in [2.05, 4.69) is 58.9 Å². The molecule has 0 N–H and O–H groups in total. The smallest absolute Gasteiger partial charge is 0.184 e. The molecule has 9 nitrogen and oxygen atoms in total. The van der Waals surface area contributed by atoms with Gasteiger partial charge in [-0.3, -0.25) is 0 Å². The Hall–Kier alpha value is -2.23. The molecule has 1 fully saturated rings. The predicted octanol–water partition coefficient (Wildman–Crippen LogP) is 1.77. The van der Waals surface area contributed by atoms with Gasteiger partial charge < -0.3 is 4.90 Å². The number of aryl methyl sites for hydroxylation is 1. The average Bonchev–Trinajstić information content (AvgIpc) is 3.28. The molecule has 0 aliphatic carbocycles. The number of fused-ring (bicyclic) bond motifs is 1. The van der Waals surface area contributed by atoms with E-state index in [9.17, 15) is 0 Å². The van der Waals surface area contributed by atoms with Crippen molar-refractivity contribution in [2.45, 2.75) is 51.3 Å². The molecule has 0 saturated carbocycles. The number of rotatable bonds is 3. The number of hydrogen-bond acceptors (Lipinski definition) is 9. The molecule has 3 aromatic rings. The van der Waals surface area contributed by atoms with Gasteiger partial charge in [0.15, 0.2) is 17.0 Å². The first kappa shape index (κ1) is 17.2. The molecule has 3 aromatic heterocycles. The van der Waals surface area contributed by atoms with Crippen LogP contribution >= 0.6 is 12.6 Å². The van der Waals surface area contributed by atoms with Gasteiger partial charge in [0, 0.05) is 23.8 Å². The van der Waals surface area contributed by atoms with Crippen molar-refractivity contribution in [2.24, 2.45) is 0 Å². The lowest BCUT2D eigenvalue weighted by molar-refractivity contribution is 0.300. The highest BCUT2D eigenvalue weighted by atomic mass is 32.1. The third kappa shape index (κ3) is 3.02. The second kappa shape index (κ2) is 6.19. The molecule has 0 bridgehead atoms. The number of aromatic nitrogens is 7. The van der Waals surface area contributed by atoms with Crippen molar-refractivity contribution in [2.75, 3.05) is 18.0 Å². The molecule has 0 spiro atoms. The topological polar surface area (TPSA) is 98.6 Å². The van der Waals surface area contributed by atoms with E-state index in [0.29, 0.717) is 28.7 Å². The number of hydrogen-bond donors (Lipinski definition) is 1. The fourth-order valence-corrected chi connectivity index (χ4v) is 3.29. The van der Waals surface area contributed by atoms with E-state index >= 15 is 0 Å². The van der Waals surface area contributed by atoms with Crippen LogP contribution in [0.5, 0.6) is 0 Å². The van der Waals surface area contributed by atoms with Crippen LogP contribution in [0.15, 0.2) is 4.63 Å². The van der Waals surface area contributed by atoms with Gasteiger partial charge in [0.1, 0.15) is 17.2 Å². The zero-order chi connectivity index (χ0) is 18.5. The molecule has 0 radical (unpaired) electrons. The van der Waals surface area contributed by atoms with Crippen molar-refractivity contribution in [3.8, 4) is 0 Å². The van der Waals surface area contributed by atoms with Crippen LogP contribution in [0.1, 0.15) is 44.4 Å². The molecule has 1 saturated heterocycles. The van der Waals surface area contributed by atoms with E-state index in [1.807, 2.05) is 6.92 Å². The number of thiol groups is 1. The highest BCUT2D eigenvalue weighted by Crippen LogP contribution is 2.30. The highest BCUT2D eigenvalue weighted by Gasteiger charge is 2.28. The summed E-state index contributed by atoms with van der Waals surface area (Å²) in [6.45, 7) is 10.3. The Bertz CT molecular complexity index is 944. The summed E-state index contributed by atoms with van der Waals surface area (Å²) < 4.78 is 6.52. The highest BCUT2D eigenvalue weighted by molar-refractivity contribution is 7.81. The molecule has 0 amide bonds. The molecule has 10 heteroatoms. The Labute approximate surface area is 156 Å². The van der Waals surface area contributed by atoms with E-state index in [4.69, 9.17) is 14.6 Å². The number of nitrogens with zero attached hydrogens (tertiary/aromatic N) is 8. The maximum absolute atomic E-state index is 4.84. The second-order valence-electron chi connectivity index (χ2n) is 7.72. The molecule has 138 valence electrons. The first-order valence-corrected chi connectivity index (χ1v) is 9.17. The summed E-state index contributed by atoms with van der Waals surface area (Å²) in [5.41, 5.74) is 2.66. The molecule has 1 aliphatic rings. The molecule has 1 atom stereocenters. The van der Waals surface area contributed by atoms with Crippen LogP contribution in [0.2, 0.25) is 0 Å². The summed E-state index contributed by atoms with van der Waals surface area (Å²) in [6, 6.07) is 0. The Balaban J connectivity index is 1.84. The standard InChI is InChI=1S/C16H22N8OS/c1-9-11(21-25-20-9)8-24-14-12(19-22-24)13(23-6-5-10(26)7-23)17-15(18-14)16(2,3)4/h10,26H,5-8H2,1-4H3/t10-/m1/s1. The monoisotopic (exact) mass is 374 g/mol. The van der Waals surface area contributed by atoms with Gasteiger partial charge in [0.25, 0.3) is 0 Å². The van der Waals surface area contributed by atoms with Crippen LogP contribution in [0.3, 0.4) is 0 Å². The van der Waals surface area contributed by atoms with Crippen LogP contribution in [-0.2, 0) is 12.0 Å². The van der Waals surface area contributed by atoms with Crippen LogP contribution < -0.4 is 4.90 Å². The molecule has 0 aromatic carbocycles. The van der Waals surface area contributed by atoms with Crippen molar-refractivity contribution >= 4 is 29.6 Å². The van der Waals surface area contributed by atoms with E-state index in [-0.39, 0.29) is 5.41 Å². The van der Waals surface area contributed by atoms with Crippen LogP contribution in [0, 0.1) is 6.92 Å². The van der Waals surface area contributed by atoms with Crippen LogP contribution in [0.25, 0.3) is 11.2 Å². The van der Waals surface area contributed by atoms with Crippen molar-refractivity contribution < 1.29 is 4.63 Å². The van der Waals surface area contributed by atoms with Gasteiger partial charge in [-0.2, -0.15) is 12.6 Å². The SMILES string of the molecule is Cc1nonc1Cn1nnc2c(N3CC[C@@H](S)C3)nc(C(C)(C)C)nc21. The maximum Gasteiger partial charge on any atom is 0.184 e. The minimum atomic E-state index is -0.191. The summed E-state index contributed by atoms with van der Waals surface area (Å²) in [7, 11) is 0. The van der Waals surface area contributed by atoms with E-state index in [0.717, 1.165) is 36.8 Å². The summed E-state index contributed by atoms with van der Waals surface area (Å²) in [6.07, 6.45) is 1.03. The Morgan fingerprint density at radius 2 is 2.04 bits per heavy atom. The summed E-state index contributed by atoms with van der Waals surface area (Å²) >= 11 is 4.60. The Kier molecular flexibility index (Phi) is 4.09. The summed E-state index contributed by atoms with van der Waals surface area (Å²) in [4.78, 5) is 11.8. The lowest BCUT2D eigenvalue weighted by Gasteiger charge is -2.22. The third-order valence-corrected chi connectivity index (χ3v) is 4.95. The summed E-state index contributed by atoms with van der Waals surface area (Å²) in [5, 5.41) is 16.8. The molecule has 1 aliphatic heterocycles. The van der Waals surface area contributed by atoms with Crippen molar-refractivity contribution in [3.63, 3.8) is 0 Å². The van der Waals surface area contributed by atoms with Crippen LogP contribution in [0.4, 0.5) is 5.82 Å². The Morgan fingerprint density at radius 1 is 1.23 bits per heavy atom. The quantitative estimate of drug-likeness (QED) is 0.693. The first-order chi connectivity index (χ1) is 12.3. The number of anilines is 1. The minimum absolute atomic E-state index is 0.191. The molecular weight excluding hydrogens is 352 g/mol. The molecule has 4 rings (SSSR count). The maximum atomic E-state index is 4.84. The Morgan fingerprint density at radius 3 is 2.65 bits per heavy atom. The van der Waals surface area contributed by atoms with Crippen molar-refractivity contribution in [1.29, 1.82) is 0 Å². The fraction of sp³-hybridized carbons (Fsp3) is 0.625. The van der Waals surface area contributed by atoms with Gasteiger partial charge in [-0.05, 0) is 13.3 Å². The van der Waals surface area contributed by atoms with Crippen molar-refractivity contribution in [3.05, 3.63) is 17.2 Å². The van der Waals surface area contributed by atoms with Gasteiger partial charge in [-0.25, -0.2) is 19.3 Å². The predicted molar refractivity (Wildman–Crippen MR) is 99.6 cm³/mol. The lowest BCUT2D eigenvalue weighted by atomic mass is 9.96. The van der Waals surface area contributed by atoms with E-state index in [1.165, 1.54) is 0 Å². The molecule has 4 heterocycles. The second-order valence-corrected chi connectivity index (χ2v) is 8.46. The third-order valence-electron chi connectivity index (χ3n) is 4.52. The van der Waals surface area contributed by atoms with Gasteiger partial charge in [0.05, 0.1) is 6.54 Å². The summed E-state index contributed by atoms with van der Waals surface area (Å²) in [5.74, 6) is 1.60. The van der Waals surface area contributed by atoms with Gasteiger partial charge in [-0.1, -0.05) is 36.3 Å². The zero-order valence-corrected chi connectivity index (χ0v) is 16.2. The first-order valence-electron chi connectivity index (χ1n) is 8.65. The van der Waals surface area contributed by atoms with Gasteiger partial charge >= 0.3 is 0 Å². The zero-order valence-electron chi connectivity index (χ0n) is 15.3. The average molecular weight is 374 g/mol. The van der Waals surface area contributed by atoms with Gasteiger partial charge in [0.2, 0.25) is 0 Å². The van der Waals surface area contributed by atoms with E-state index in [1.54, 1.807) is 4.68 Å². The van der Waals surface area contributed by atoms with Crippen molar-refractivity contribution in [1.82, 2.24) is 35.3 Å². The lowest BCUT2D eigenvalue weighted by Crippen LogP contribution is -2.25. The van der Waals surface area contributed by atoms with Gasteiger partial charge in [-0.15, -0.1) is 5.10 Å². The minimum Gasteiger partial charge on any atom is -0.353 e. The molecule has 26 heavy (non-hydrogen) atoms. The molecule has 0 unspecified atom stereocenters. The fourth-order valence-electron chi connectivity index (χ4n) is 2.97. The normalized spacial score (nSPS) is 18.2. The molecular formula is C16H22N8OS. The largest absolute Gasteiger partial charge is 0.353 e. The van der Waals surface area contributed by atoms with Crippen LogP contribution in [-0.4, -0.2) is 53.6 Å². The van der Waals surface area contributed by atoms with E-state index < -0.39 is 0 Å².